The van der Waals surface area contributed by atoms with Gasteiger partial charge in [0.1, 0.15) is 0 Å². The summed E-state index contributed by atoms with van der Waals surface area (Å²) in [6.07, 6.45) is 3.24. The van der Waals surface area contributed by atoms with Gasteiger partial charge in [-0.25, -0.2) is 0 Å². The van der Waals surface area contributed by atoms with E-state index < -0.39 is 0 Å². The number of aryl methyl sites for hydroxylation is 1. The Morgan fingerprint density at radius 2 is 1.54 bits per heavy atom. The number of rotatable bonds is 5. The first-order valence-electron chi connectivity index (χ1n) is 7.92. The van der Waals surface area contributed by atoms with Gasteiger partial charge >= 0.3 is 0 Å². The SMILES string of the molecule is Cc1cccc(N/C=C\C(=O)c2ccc(-c3ccccc3)cc2)c1. The van der Waals surface area contributed by atoms with Crippen LogP contribution >= 0.6 is 0 Å². The van der Waals surface area contributed by atoms with E-state index in [4.69, 9.17) is 0 Å². The largest absolute Gasteiger partial charge is 0.362 e. The van der Waals surface area contributed by atoms with Crippen molar-refractivity contribution in [2.24, 2.45) is 0 Å². The fourth-order valence-electron chi connectivity index (χ4n) is 2.50. The lowest BCUT2D eigenvalue weighted by molar-refractivity contribution is 0.104. The van der Waals surface area contributed by atoms with Gasteiger partial charge in [-0.05, 0) is 35.7 Å². The first kappa shape index (κ1) is 15.8. The van der Waals surface area contributed by atoms with Crippen LogP contribution < -0.4 is 5.32 Å². The van der Waals surface area contributed by atoms with E-state index in [1.54, 1.807) is 12.3 Å². The van der Waals surface area contributed by atoms with Crippen molar-refractivity contribution in [3.05, 3.63) is 102 Å². The second-order valence-corrected chi connectivity index (χ2v) is 5.65. The van der Waals surface area contributed by atoms with Gasteiger partial charge in [-0.15, -0.1) is 0 Å². The van der Waals surface area contributed by atoms with Crippen LogP contribution in [0.4, 0.5) is 5.69 Å². The number of hydrogen-bond donors (Lipinski definition) is 1. The fourth-order valence-corrected chi connectivity index (χ4v) is 2.50. The number of nitrogens with one attached hydrogen (secondary N) is 1. The summed E-state index contributed by atoms with van der Waals surface area (Å²) in [4.78, 5) is 12.2. The van der Waals surface area contributed by atoms with Crippen LogP contribution in [0.5, 0.6) is 0 Å². The monoisotopic (exact) mass is 313 g/mol. The lowest BCUT2D eigenvalue weighted by atomic mass is 10.0. The Bertz CT molecular complexity index is 849. The van der Waals surface area contributed by atoms with Crippen molar-refractivity contribution >= 4 is 11.5 Å². The summed E-state index contributed by atoms with van der Waals surface area (Å²) in [5.74, 6) is -0.0187. The highest BCUT2D eigenvalue weighted by atomic mass is 16.1. The summed E-state index contributed by atoms with van der Waals surface area (Å²) in [5.41, 5.74) is 5.08. The fraction of sp³-hybridized carbons (Fsp3) is 0.0455. The molecule has 2 heteroatoms. The molecule has 3 aromatic carbocycles. The minimum Gasteiger partial charge on any atom is -0.362 e. The second kappa shape index (κ2) is 7.42. The number of benzene rings is 3. The second-order valence-electron chi connectivity index (χ2n) is 5.65. The van der Waals surface area contributed by atoms with Gasteiger partial charge in [0, 0.05) is 23.5 Å². The van der Waals surface area contributed by atoms with Crippen LogP contribution in [-0.4, -0.2) is 5.78 Å². The smallest absolute Gasteiger partial charge is 0.187 e. The molecule has 0 aliphatic carbocycles. The van der Waals surface area contributed by atoms with Crippen molar-refractivity contribution in [3.8, 4) is 11.1 Å². The molecule has 0 aromatic heterocycles. The van der Waals surface area contributed by atoms with Crippen molar-refractivity contribution in [2.75, 3.05) is 5.32 Å². The molecular weight excluding hydrogens is 294 g/mol. The summed E-state index contributed by atoms with van der Waals surface area (Å²) in [6, 6.07) is 25.8. The molecule has 0 heterocycles. The van der Waals surface area contributed by atoms with Crippen LogP contribution in [0.2, 0.25) is 0 Å². The predicted molar refractivity (Wildman–Crippen MR) is 100 cm³/mol. The average Bonchev–Trinajstić information content (AvgIpc) is 2.63. The van der Waals surface area contributed by atoms with E-state index in [-0.39, 0.29) is 5.78 Å². The predicted octanol–water partition coefficient (Wildman–Crippen LogP) is 5.47. The van der Waals surface area contributed by atoms with Crippen LogP contribution in [0.3, 0.4) is 0 Å². The molecule has 2 nitrogen and oxygen atoms in total. The molecule has 0 atom stereocenters. The molecule has 0 bridgehead atoms. The molecule has 0 saturated heterocycles. The van der Waals surface area contributed by atoms with Gasteiger partial charge in [0.15, 0.2) is 5.78 Å². The normalized spacial score (nSPS) is 10.7. The van der Waals surface area contributed by atoms with Gasteiger partial charge in [0.2, 0.25) is 0 Å². The molecule has 0 saturated carbocycles. The molecule has 3 rings (SSSR count). The number of allylic oxidation sites excluding steroid dienone is 1. The van der Waals surface area contributed by atoms with E-state index >= 15 is 0 Å². The van der Waals surface area contributed by atoms with E-state index in [0.717, 1.165) is 16.8 Å². The van der Waals surface area contributed by atoms with Gasteiger partial charge in [-0.3, -0.25) is 4.79 Å². The Labute approximate surface area is 142 Å². The highest BCUT2D eigenvalue weighted by molar-refractivity contribution is 6.04. The topological polar surface area (TPSA) is 29.1 Å². The van der Waals surface area contributed by atoms with Crippen molar-refractivity contribution in [1.82, 2.24) is 0 Å². The quantitative estimate of drug-likeness (QED) is 0.500. The zero-order chi connectivity index (χ0) is 16.8. The lowest BCUT2D eigenvalue weighted by Crippen LogP contribution is -1.96. The van der Waals surface area contributed by atoms with Gasteiger partial charge in [-0.2, -0.15) is 0 Å². The molecule has 0 aliphatic rings. The minimum absolute atomic E-state index is 0.0187. The third kappa shape index (κ3) is 3.99. The maximum absolute atomic E-state index is 12.2. The number of carbonyl (C=O) groups is 1. The highest BCUT2D eigenvalue weighted by Crippen LogP contribution is 2.19. The van der Waals surface area contributed by atoms with E-state index in [2.05, 4.69) is 17.4 Å². The summed E-state index contributed by atoms with van der Waals surface area (Å²) >= 11 is 0. The third-order valence-corrected chi connectivity index (χ3v) is 3.78. The Balaban J connectivity index is 1.66. The molecule has 0 aliphatic heterocycles. The summed E-state index contributed by atoms with van der Waals surface area (Å²) < 4.78 is 0. The molecule has 0 fully saturated rings. The lowest BCUT2D eigenvalue weighted by Gasteiger charge is -2.03. The molecule has 0 amide bonds. The number of hydrogen-bond acceptors (Lipinski definition) is 2. The number of anilines is 1. The Morgan fingerprint density at radius 1 is 0.833 bits per heavy atom. The summed E-state index contributed by atoms with van der Waals surface area (Å²) in [5, 5.41) is 3.12. The molecule has 3 aromatic rings. The van der Waals surface area contributed by atoms with E-state index in [9.17, 15) is 4.79 Å². The van der Waals surface area contributed by atoms with Crippen LogP contribution in [-0.2, 0) is 0 Å². The van der Waals surface area contributed by atoms with Crippen molar-refractivity contribution in [3.63, 3.8) is 0 Å². The van der Waals surface area contributed by atoms with Crippen molar-refractivity contribution in [2.45, 2.75) is 6.92 Å². The molecule has 1 N–H and O–H groups in total. The third-order valence-electron chi connectivity index (χ3n) is 3.78. The van der Waals surface area contributed by atoms with Crippen LogP contribution in [0, 0.1) is 6.92 Å². The zero-order valence-corrected chi connectivity index (χ0v) is 13.6. The average molecular weight is 313 g/mol. The van der Waals surface area contributed by atoms with Crippen LogP contribution in [0.15, 0.2) is 91.1 Å². The maximum Gasteiger partial charge on any atom is 0.187 e. The van der Waals surface area contributed by atoms with Gasteiger partial charge in [-0.1, -0.05) is 66.7 Å². The Hall–Kier alpha value is -3.13. The summed E-state index contributed by atoms with van der Waals surface area (Å²) in [7, 11) is 0. The van der Waals surface area contributed by atoms with E-state index in [1.165, 1.54) is 5.56 Å². The Morgan fingerprint density at radius 3 is 2.25 bits per heavy atom. The van der Waals surface area contributed by atoms with Gasteiger partial charge < -0.3 is 5.32 Å². The summed E-state index contributed by atoms with van der Waals surface area (Å²) in [6.45, 7) is 2.04. The van der Waals surface area contributed by atoms with E-state index in [0.29, 0.717) is 5.56 Å². The molecular formula is C22H19NO. The first-order chi connectivity index (χ1) is 11.7. The highest BCUT2D eigenvalue weighted by Gasteiger charge is 2.02. The van der Waals surface area contributed by atoms with Crippen LogP contribution in [0.1, 0.15) is 15.9 Å². The van der Waals surface area contributed by atoms with Crippen LogP contribution in [0.25, 0.3) is 11.1 Å². The van der Waals surface area contributed by atoms with Gasteiger partial charge in [0.25, 0.3) is 0 Å². The molecule has 0 radical (unpaired) electrons. The number of ketones is 1. The molecule has 0 unspecified atom stereocenters. The minimum atomic E-state index is -0.0187. The van der Waals surface area contributed by atoms with E-state index in [1.807, 2.05) is 73.7 Å². The zero-order valence-electron chi connectivity index (χ0n) is 13.6. The maximum atomic E-state index is 12.2. The molecule has 0 spiro atoms. The first-order valence-corrected chi connectivity index (χ1v) is 7.92. The van der Waals surface area contributed by atoms with Crippen molar-refractivity contribution in [1.29, 1.82) is 0 Å². The van der Waals surface area contributed by atoms with Gasteiger partial charge in [0.05, 0.1) is 0 Å². The standard InChI is InChI=1S/C22H19NO/c1-17-6-5-9-21(16-17)23-15-14-22(24)20-12-10-19(11-13-20)18-7-3-2-4-8-18/h2-16,23H,1H3/b15-14-. The molecule has 24 heavy (non-hydrogen) atoms. The molecule has 118 valence electrons. The Kier molecular flexibility index (Phi) is 4.87. The van der Waals surface area contributed by atoms with Crippen molar-refractivity contribution < 1.29 is 4.79 Å². The number of carbonyl (C=O) groups excluding carboxylic acids is 1.